The smallest absolute Gasteiger partial charge is 0.0320 e. The SMILES string of the molecule is CC1(C)CC(=N)C=CC(=N)C1. The van der Waals surface area contributed by atoms with Crippen LogP contribution in [0.2, 0.25) is 0 Å². The molecule has 0 atom stereocenters. The molecule has 0 heterocycles. The molecule has 0 aromatic carbocycles. The van der Waals surface area contributed by atoms with Crippen molar-refractivity contribution in [2.45, 2.75) is 26.7 Å². The van der Waals surface area contributed by atoms with Crippen LogP contribution in [0, 0.1) is 16.2 Å². The predicted octanol–water partition coefficient (Wildman–Crippen LogP) is 2.40. The second kappa shape index (κ2) is 2.61. The molecule has 60 valence electrons. The van der Waals surface area contributed by atoms with Gasteiger partial charge in [0, 0.05) is 11.4 Å². The number of nitrogens with one attached hydrogen (secondary N) is 2. The Morgan fingerprint density at radius 3 is 1.82 bits per heavy atom. The second-order valence-electron chi connectivity index (χ2n) is 3.90. The Balaban J connectivity index is 2.82. The second-order valence-corrected chi connectivity index (χ2v) is 3.90. The van der Waals surface area contributed by atoms with E-state index >= 15 is 0 Å². The lowest BCUT2D eigenvalue weighted by molar-refractivity contribution is 0.402. The van der Waals surface area contributed by atoms with Gasteiger partial charge in [0.15, 0.2) is 0 Å². The van der Waals surface area contributed by atoms with E-state index in [1.807, 2.05) is 0 Å². The molecule has 0 spiro atoms. The molecular formula is C9H14N2. The van der Waals surface area contributed by atoms with Crippen LogP contribution in [0.1, 0.15) is 26.7 Å². The summed E-state index contributed by atoms with van der Waals surface area (Å²) in [6, 6.07) is 0. The topological polar surface area (TPSA) is 47.7 Å². The van der Waals surface area contributed by atoms with Crippen molar-refractivity contribution < 1.29 is 0 Å². The van der Waals surface area contributed by atoms with Gasteiger partial charge in [0.2, 0.25) is 0 Å². The number of hydrogen-bond donors (Lipinski definition) is 2. The van der Waals surface area contributed by atoms with Crippen molar-refractivity contribution in [1.29, 1.82) is 10.8 Å². The molecule has 0 aromatic rings. The Morgan fingerprint density at radius 2 is 1.45 bits per heavy atom. The molecule has 1 rings (SSSR count). The lowest BCUT2D eigenvalue weighted by Gasteiger charge is -2.21. The van der Waals surface area contributed by atoms with Crippen LogP contribution in [-0.4, -0.2) is 11.4 Å². The first-order chi connectivity index (χ1) is 4.99. The monoisotopic (exact) mass is 150 g/mol. The van der Waals surface area contributed by atoms with E-state index < -0.39 is 0 Å². The van der Waals surface area contributed by atoms with Crippen LogP contribution >= 0.6 is 0 Å². The van der Waals surface area contributed by atoms with E-state index in [9.17, 15) is 0 Å². The van der Waals surface area contributed by atoms with Crippen LogP contribution < -0.4 is 0 Å². The Labute approximate surface area is 67.3 Å². The molecule has 1 aliphatic carbocycles. The fourth-order valence-corrected chi connectivity index (χ4v) is 1.41. The van der Waals surface area contributed by atoms with Gasteiger partial charge in [0.05, 0.1) is 0 Å². The van der Waals surface area contributed by atoms with Crippen LogP contribution in [0.25, 0.3) is 0 Å². The van der Waals surface area contributed by atoms with Crippen molar-refractivity contribution >= 4 is 11.4 Å². The Morgan fingerprint density at radius 1 is 1.09 bits per heavy atom. The maximum Gasteiger partial charge on any atom is 0.0320 e. The fraction of sp³-hybridized carbons (Fsp3) is 0.556. The summed E-state index contributed by atoms with van der Waals surface area (Å²) in [4.78, 5) is 0. The zero-order valence-electron chi connectivity index (χ0n) is 7.07. The van der Waals surface area contributed by atoms with Crippen molar-refractivity contribution in [1.82, 2.24) is 0 Å². The van der Waals surface area contributed by atoms with Crippen LogP contribution in [-0.2, 0) is 0 Å². The average molecular weight is 150 g/mol. The lowest BCUT2D eigenvalue weighted by atomic mass is 9.84. The van der Waals surface area contributed by atoms with E-state index in [1.54, 1.807) is 12.2 Å². The number of hydrogen-bond acceptors (Lipinski definition) is 2. The summed E-state index contributed by atoms with van der Waals surface area (Å²) in [5, 5.41) is 15.0. The lowest BCUT2D eigenvalue weighted by Crippen LogP contribution is -2.16. The van der Waals surface area contributed by atoms with Gasteiger partial charge in [0.1, 0.15) is 0 Å². The third-order valence-corrected chi connectivity index (χ3v) is 1.82. The molecule has 0 amide bonds. The summed E-state index contributed by atoms with van der Waals surface area (Å²) in [6.45, 7) is 4.20. The van der Waals surface area contributed by atoms with Crippen LogP contribution in [0.3, 0.4) is 0 Å². The minimum Gasteiger partial charge on any atom is -0.305 e. The third-order valence-electron chi connectivity index (χ3n) is 1.82. The van der Waals surface area contributed by atoms with E-state index in [0.29, 0.717) is 11.4 Å². The number of allylic oxidation sites excluding steroid dienone is 2. The van der Waals surface area contributed by atoms with Gasteiger partial charge in [-0.05, 0) is 30.4 Å². The summed E-state index contributed by atoms with van der Waals surface area (Å²) < 4.78 is 0. The Bertz CT molecular complexity index is 202. The van der Waals surface area contributed by atoms with Gasteiger partial charge < -0.3 is 10.8 Å². The van der Waals surface area contributed by atoms with Gasteiger partial charge >= 0.3 is 0 Å². The molecule has 0 aliphatic heterocycles. The van der Waals surface area contributed by atoms with Crippen molar-refractivity contribution in [2.24, 2.45) is 5.41 Å². The molecule has 2 N–H and O–H groups in total. The van der Waals surface area contributed by atoms with E-state index in [-0.39, 0.29) is 5.41 Å². The third kappa shape index (κ3) is 2.30. The molecule has 0 unspecified atom stereocenters. The molecule has 2 heteroatoms. The highest BCUT2D eigenvalue weighted by atomic mass is 14.5. The van der Waals surface area contributed by atoms with E-state index in [1.165, 1.54) is 0 Å². The van der Waals surface area contributed by atoms with Gasteiger partial charge in [-0.1, -0.05) is 13.8 Å². The maximum absolute atomic E-state index is 7.49. The zero-order valence-corrected chi connectivity index (χ0v) is 7.07. The van der Waals surface area contributed by atoms with E-state index in [4.69, 9.17) is 10.8 Å². The molecule has 0 aromatic heterocycles. The van der Waals surface area contributed by atoms with Gasteiger partial charge in [-0.3, -0.25) is 0 Å². The van der Waals surface area contributed by atoms with Crippen LogP contribution in [0.15, 0.2) is 12.2 Å². The van der Waals surface area contributed by atoms with Crippen molar-refractivity contribution in [3.05, 3.63) is 12.2 Å². The first kappa shape index (κ1) is 8.18. The first-order valence-electron chi connectivity index (χ1n) is 3.82. The highest BCUT2D eigenvalue weighted by Crippen LogP contribution is 2.28. The summed E-state index contributed by atoms with van der Waals surface area (Å²) in [6.07, 6.45) is 5.03. The largest absolute Gasteiger partial charge is 0.305 e. The highest BCUT2D eigenvalue weighted by molar-refractivity contribution is 6.03. The zero-order chi connectivity index (χ0) is 8.48. The van der Waals surface area contributed by atoms with Gasteiger partial charge in [-0.2, -0.15) is 0 Å². The minimum atomic E-state index is 0.0949. The molecule has 0 bridgehead atoms. The van der Waals surface area contributed by atoms with Gasteiger partial charge in [-0.15, -0.1) is 0 Å². The quantitative estimate of drug-likeness (QED) is 0.532. The average Bonchev–Trinajstić information content (AvgIpc) is 1.89. The molecule has 0 saturated heterocycles. The van der Waals surface area contributed by atoms with Gasteiger partial charge in [0.25, 0.3) is 0 Å². The Kier molecular flexibility index (Phi) is 1.94. The fourth-order valence-electron chi connectivity index (χ4n) is 1.41. The van der Waals surface area contributed by atoms with Crippen molar-refractivity contribution in [3.63, 3.8) is 0 Å². The van der Waals surface area contributed by atoms with E-state index in [0.717, 1.165) is 12.8 Å². The van der Waals surface area contributed by atoms with Crippen molar-refractivity contribution in [3.8, 4) is 0 Å². The molecule has 11 heavy (non-hydrogen) atoms. The standard InChI is InChI=1S/C9H14N2/c1-9(2)5-7(10)3-4-8(11)6-9/h3-4,10-11H,5-6H2,1-2H3. The van der Waals surface area contributed by atoms with Crippen LogP contribution in [0.4, 0.5) is 0 Å². The summed E-state index contributed by atoms with van der Waals surface area (Å²) in [5.41, 5.74) is 1.37. The Hall–Kier alpha value is -0.920. The molecule has 2 nitrogen and oxygen atoms in total. The molecule has 0 radical (unpaired) electrons. The maximum atomic E-state index is 7.49. The summed E-state index contributed by atoms with van der Waals surface area (Å²) >= 11 is 0. The minimum absolute atomic E-state index is 0.0949. The van der Waals surface area contributed by atoms with E-state index in [2.05, 4.69) is 13.8 Å². The number of rotatable bonds is 0. The normalized spacial score (nSPS) is 23.5. The van der Waals surface area contributed by atoms with Gasteiger partial charge in [-0.25, -0.2) is 0 Å². The highest BCUT2D eigenvalue weighted by Gasteiger charge is 2.22. The molecule has 0 saturated carbocycles. The van der Waals surface area contributed by atoms with Crippen LogP contribution in [0.5, 0.6) is 0 Å². The molecular weight excluding hydrogens is 136 g/mol. The predicted molar refractivity (Wildman–Crippen MR) is 47.6 cm³/mol. The molecule has 1 aliphatic rings. The first-order valence-corrected chi connectivity index (χ1v) is 3.82. The summed E-state index contributed by atoms with van der Waals surface area (Å²) in [7, 11) is 0. The van der Waals surface area contributed by atoms with Crippen molar-refractivity contribution in [2.75, 3.05) is 0 Å². The molecule has 0 fully saturated rings. The summed E-state index contributed by atoms with van der Waals surface area (Å²) in [5.74, 6) is 0.